The van der Waals surface area contributed by atoms with Crippen LogP contribution in [0.2, 0.25) is 0 Å². The standard InChI is InChI=1S/C10H20N2O3/c1-3-15-10(14)7-12-9(13)5-4-8(2)6-11/h8H,3-7,11H2,1-2H3,(H,12,13). The van der Waals surface area contributed by atoms with E-state index < -0.39 is 5.97 Å². The molecule has 1 unspecified atom stereocenters. The van der Waals surface area contributed by atoms with Crippen molar-refractivity contribution in [1.82, 2.24) is 5.32 Å². The molecule has 0 saturated heterocycles. The van der Waals surface area contributed by atoms with Gasteiger partial charge in [-0.3, -0.25) is 9.59 Å². The zero-order valence-corrected chi connectivity index (χ0v) is 9.41. The van der Waals surface area contributed by atoms with Crippen LogP contribution in [0.3, 0.4) is 0 Å². The number of nitrogens with one attached hydrogen (secondary N) is 1. The summed E-state index contributed by atoms with van der Waals surface area (Å²) in [4.78, 5) is 22.1. The van der Waals surface area contributed by atoms with Crippen LogP contribution in [0, 0.1) is 5.92 Å². The molecule has 1 atom stereocenters. The Kier molecular flexibility index (Phi) is 7.62. The van der Waals surface area contributed by atoms with Crippen molar-refractivity contribution >= 4 is 11.9 Å². The van der Waals surface area contributed by atoms with E-state index in [-0.39, 0.29) is 12.5 Å². The van der Waals surface area contributed by atoms with Crippen LogP contribution in [0.5, 0.6) is 0 Å². The third kappa shape index (κ3) is 7.93. The maximum absolute atomic E-state index is 11.2. The molecule has 0 radical (unpaired) electrons. The van der Waals surface area contributed by atoms with Gasteiger partial charge in [0.05, 0.1) is 6.61 Å². The minimum atomic E-state index is -0.405. The molecule has 0 aliphatic rings. The van der Waals surface area contributed by atoms with Crippen molar-refractivity contribution in [2.75, 3.05) is 19.7 Å². The van der Waals surface area contributed by atoms with E-state index >= 15 is 0 Å². The number of ether oxygens (including phenoxy) is 1. The van der Waals surface area contributed by atoms with Crippen LogP contribution in [0.25, 0.3) is 0 Å². The highest BCUT2D eigenvalue weighted by molar-refractivity contribution is 5.81. The molecule has 1 amide bonds. The van der Waals surface area contributed by atoms with Crippen molar-refractivity contribution in [3.63, 3.8) is 0 Å². The second-order valence-electron chi connectivity index (χ2n) is 3.46. The molecule has 88 valence electrons. The number of rotatable bonds is 7. The van der Waals surface area contributed by atoms with Gasteiger partial charge in [-0.15, -0.1) is 0 Å². The van der Waals surface area contributed by atoms with E-state index in [0.717, 1.165) is 6.42 Å². The van der Waals surface area contributed by atoms with E-state index in [2.05, 4.69) is 10.1 Å². The van der Waals surface area contributed by atoms with Gasteiger partial charge in [-0.25, -0.2) is 0 Å². The number of amides is 1. The Hall–Kier alpha value is -1.10. The number of carbonyl (C=O) groups excluding carboxylic acids is 2. The van der Waals surface area contributed by atoms with Gasteiger partial charge < -0.3 is 15.8 Å². The maximum atomic E-state index is 11.2. The summed E-state index contributed by atoms with van der Waals surface area (Å²) in [5.74, 6) is -0.209. The Balaban J connectivity index is 3.53. The molecule has 0 aliphatic heterocycles. The molecule has 0 aliphatic carbocycles. The zero-order valence-electron chi connectivity index (χ0n) is 9.41. The highest BCUT2D eigenvalue weighted by atomic mass is 16.5. The molecule has 0 saturated carbocycles. The second-order valence-corrected chi connectivity index (χ2v) is 3.46. The first-order chi connectivity index (χ1) is 7.10. The first-order valence-corrected chi connectivity index (χ1v) is 5.22. The Morgan fingerprint density at radius 2 is 2.13 bits per heavy atom. The van der Waals surface area contributed by atoms with Crippen LogP contribution in [0.1, 0.15) is 26.7 Å². The third-order valence-electron chi connectivity index (χ3n) is 2.00. The summed E-state index contributed by atoms with van der Waals surface area (Å²) in [6.07, 6.45) is 1.14. The molecule has 5 nitrogen and oxygen atoms in total. The van der Waals surface area contributed by atoms with Gasteiger partial charge in [-0.1, -0.05) is 6.92 Å². The van der Waals surface area contributed by atoms with Crippen molar-refractivity contribution in [2.24, 2.45) is 11.7 Å². The highest BCUT2D eigenvalue weighted by Crippen LogP contribution is 2.02. The van der Waals surface area contributed by atoms with Gasteiger partial charge in [0.1, 0.15) is 6.54 Å². The lowest BCUT2D eigenvalue weighted by Gasteiger charge is -2.08. The van der Waals surface area contributed by atoms with Crippen LogP contribution in [0.15, 0.2) is 0 Å². The zero-order chi connectivity index (χ0) is 11.7. The van der Waals surface area contributed by atoms with Gasteiger partial charge in [0, 0.05) is 6.42 Å². The van der Waals surface area contributed by atoms with E-state index in [1.807, 2.05) is 6.92 Å². The molecule has 15 heavy (non-hydrogen) atoms. The smallest absolute Gasteiger partial charge is 0.325 e. The summed E-state index contributed by atoms with van der Waals surface area (Å²) in [5, 5.41) is 2.49. The Bertz CT molecular complexity index is 207. The van der Waals surface area contributed by atoms with E-state index in [1.54, 1.807) is 6.92 Å². The molecule has 0 rings (SSSR count). The monoisotopic (exact) mass is 216 g/mol. The molecule has 3 N–H and O–H groups in total. The Labute approximate surface area is 90.4 Å². The van der Waals surface area contributed by atoms with Crippen LogP contribution in [0.4, 0.5) is 0 Å². The predicted molar refractivity (Wildman–Crippen MR) is 57.1 cm³/mol. The van der Waals surface area contributed by atoms with E-state index in [9.17, 15) is 9.59 Å². The maximum Gasteiger partial charge on any atom is 0.325 e. The molecule has 0 spiro atoms. The number of carbonyl (C=O) groups is 2. The fraction of sp³-hybridized carbons (Fsp3) is 0.800. The normalized spacial score (nSPS) is 11.9. The van der Waals surface area contributed by atoms with Crippen molar-refractivity contribution in [1.29, 1.82) is 0 Å². The van der Waals surface area contributed by atoms with Crippen molar-refractivity contribution in [2.45, 2.75) is 26.7 Å². The van der Waals surface area contributed by atoms with Crippen LogP contribution >= 0.6 is 0 Å². The largest absolute Gasteiger partial charge is 0.465 e. The topological polar surface area (TPSA) is 81.4 Å². The number of hydrogen-bond acceptors (Lipinski definition) is 4. The average Bonchev–Trinajstić information content (AvgIpc) is 2.23. The minimum Gasteiger partial charge on any atom is -0.465 e. The lowest BCUT2D eigenvalue weighted by Crippen LogP contribution is -2.30. The number of esters is 1. The van der Waals surface area contributed by atoms with Gasteiger partial charge >= 0.3 is 5.97 Å². The van der Waals surface area contributed by atoms with Gasteiger partial charge in [-0.05, 0) is 25.8 Å². The lowest BCUT2D eigenvalue weighted by molar-refractivity contribution is -0.143. The molecular formula is C10H20N2O3. The summed E-state index contributed by atoms with van der Waals surface area (Å²) < 4.78 is 4.67. The van der Waals surface area contributed by atoms with E-state index in [1.165, 1.54) is 0 Å². The molecule has 0 aromatic rings. The van der Waals surface area contributed by atoms with E-state index in [4.69, 9.17) is 5.73 Å². The van der Waals surface area contributed by atoms with Crippen molar-refractivity contribution in [3.05, 3.63) is 0 Å². The van der Waals surface area contributed by atoms with Crippen molar-refractivity contribution < 1.29 is 14.3 Å². The fourth-order valence-corrected chi connectivity index (χ4v) is 0.967. The molecule has 0 heterocycles. The summed E-state index contributed by atoms with van der Waals surface area (Å²) >= 11 is 0. The average molecular weight is 216 g/mol. The van der Waals surface area contributed by atoms with Gasteiger partial charge in [0.2, 0.25) is 5.91 Å². The Morgan fingerprint density at radius 3 is 2.67 bits per heavy atom. The van der Waals surface area contributed by atoms with Gasteiger partial charge in [0.15, 0.2) is 0 Å². The van der Waals surface area contributed by atoms with Crippen LogP contribution < -0.4 is 11.1 Å². The second kappa shape index (κ2) is 8.23. The summed E-state index contributed by atoms with van der Waals surface area (Å²) in [6.45, 7) is 4.56. The summed E-state index contributed by atoms with van der Waals surface area (Å²) in [6, 6.07) is 0. The molecule has 5 heteroatoms. The molecule has 0 fully saturated rings. The van der Waals surface area contributed by atoms with Gasteiger partial charge in [-0.2, -0.15) is 0 Å². The van der Waals surface area contributed by atoms with Crippen LogP contribution in [-0.4, -0.2) is 31.6 Å². The lowest BCUT2D eigenvalue weighted by atomic mass is 10.1. The van der Waals surface area contributed by atoms with E-state index in [0.29, 0.717) is 25.5 Å². The first-order valence-electron chi connectivity index (χ1n) is 5.22. The molecule has 0 aromatic carbocycles. The predicted octanol–water partition coefficient (Wildman–Crippen LogP) is 0.0407. The summed E-state index contributed by atoms with van der Waals surface area (Å²) in [7, 11) is 0. The minimum absolute atomic E-state index is 0.0519. The fourth-order valence-electron chi connectivity index (χ4n) is 0.967. The number of hydrogen-bond donors (Lipinski definition) is 2. The van der Waals surface area contributed by atoms with Gasteiger partial charge in [0.25, 0.3) is 0 Å². The third-order valence-corrected chi connectivity index (χ3v) is 2.00. The number of nitrogens with two attached hydrogens (primary N) is 1. The Morgan fingerprint density at radius 1 is 1.47 bits per heavy atom. The first kappa shape index (κ1) is 13.9. The molecular weight excluding hydrogens is 196 g/mol. The van der Waals surface area contributed by atoms with Crippen molar-refractivity contribution in [3.8, 4) is 0 Å². The molecule has 0 aromatic heterocycles. The highest BCUT2D eigenvalue weighted by Gasteiger charge is 2.07. The van der Waals surface area contributed by atoms with Crippen LogP contribution in [-0.2, 0) is 14.3 Å². The molecule has 0 bridgehead atoms. The summed E-state index contributed by atoms with van der Waals surface area (Å²) in [5.41, 5.74) is 5.41. The SMILES string of the molecule is CCOC(=O)CNC(=O)CCC(C)CN. The quantitative estimate of drug-likeness (QED) is 0.589.